The Balaban J connectivity index is 2.12. The number of phenols is 3. The van der Waals surface area contributed by atoms with Gasteiger partial charge >= 0.3 is 0 Å². The van der Waals surface area contributed by atoms with Crippen LogP contribution in [-0.4, -0.2) is 28.2 Å². The lowest BCUT2D eigenvalue weighted by molar-refractivity contribution is 0.0835. The zero-order chi connectivity index (χ0) is 23.6. The molecule has 3 N–H and O–H groups in total. The van der Waals surface area contributed by atoms with E-state index in [1.807, 2.05) is 20.8 Å². The predicted molar refractivity (Wildman–Crippen MR) is 123 cm³/mol. The number of hydrogen-bond donors (Lipinski definition) is 3. The third-order valence-corrected chi connectivity index (χ3v) is 5.79. The Kier molecular flexibility index (Phi) is 6.82. The summed E-state index contributed by atoms with van der Waals surface area (Å²) < 4.78 is 11.7. The van der Waals surface area contributed by atoms with Gasteiger partial charge in [0.1, 0.15) is 40.4 Å². The highest BCUT2D eigenvalue weighted by Gasteiger charge is 2.36. The molecule has 1 aliphatic heterocycles. The van der Waals surface area contributed by atoms with Gasteiger partial charge in [0.15, 0.2) is 5.78 Å². The highest BCUT2D eigenvalue weighted by Crippen LogP contribution is 2.49. The molecular formula is C26H30O6. The number of fused-ring (bicyclic) bond motifs is 1. The minimum Gasteiger partial charge on any atom is -0.507 e. The van der Waals surface area contributed by atoms with Crippen molar-refractivity contribution in [2.24, 2.45) is 5.92 Å². The van der Waals surface area contributed by atoms with E-state index in [0.717, 1.165) is 12.0 Å². The lowest BCUT2D eigenvalue weighted by atomic mass is 9.86. The normalized spacial score (nSPS) is 16.0. The molecule has 0 saturated carbocycles. The van der Waals surface area contributed by atoms with E-state index >= 15 is 0 Å². The number of methoxy groups -OCH3 is 1. The van der Waals surface area contributed by atoms with Crippen molar-refractivity contribution in [1.29, 1.82) is 0 Å². The third kappa shape index (κ3) is 4.59. The zero-order valence-corrected chi connectivity index (χ0v) is 18.9. The van der Waals surface area contributed by atoms with Crippen LogP contribution in [0.4, 0.5) is 0 Å². The molecule has 0 radical (unpaired) electrons. The number of Topliss-reactive ketones (excluding diaryl/α,β-unsaturated/α-hetero) is 1. The van der Waals surface area contributed by atoms with Crippen molar-refractivity contribution in [3.05, 3.63) is 64.8 Å². The van der Waals surface area contributed by atoms with Gasteiger partial charge in [-0.05, 0) is 51.7 Å². The molecule has 6 heteroatoms. The Labute approximate surface area is 188 Å². The Bertz CT molecular complexity index is 1060. The van der Waals surface area contributed by atoms with Gasteiger partial charge in [0.25, 0.3) is 0 Å². The molecule has 0 aromatic heterocycles. The van der Waals surface area contributed by atoms with E-state index in [0.29, 0.717) is 17.7 Å². The number of carbonyl (C=O) groups is 1. The molecule has 0 unspecified atom stereocenters. The summed E-state index contributed by atoms with van der Waals surface area (Å²) in [6.07, 6.45) is 2.35. The summed E-state index contributed by atoms with van der Waals surface area (Å²) >= 11 is 0. The summed E-state index contributed by atoms with van der Waals surface area (Å²) in [6.45, 7) is 10.1. The Morgan fingerprint density at radius 1 is 1.22 bits per heavy atom. The number of allylic oxidation sites excluding steroid dienone is 3. The molecule has 6 nitrogen and oxygen atoms in total. The Hall–Kier alpha value is -3.41. The van der Waals surface area contributed by atoms with Crippen molar-refractivity contribution in [2.45, 2.75) is 46.1 Å². The van der Waals surface area contributed by atoms with E-state index in [1.165, 1.54) is 36.9 Å². The van der Waals surface area contributed by atoms with E-state index in [9.17, 15) is 20.1 Å². The van der Waals surface area contributed by atoms with Crippen LogP contribution < -0.4 is 9.47 Å². The predicted octanol–water partition coefficient (Wildman–Crippen LogP) is 5.61. The number of ether oxygens (including phenoxy) is 2. The van der Waals surface area contributed by atoms with Gasteiger partial charge in [-0.3, -0.25) is 4.79 Å². The smallest absolute Gasteiger partial charge is 0.174 e. The number of carbonyl (C=O) groups excluding carboxylic acids is 1. The first-order valence-electron chi connectivity index (χ1n) is 10.6. The molecule has 0 spiro atoms. The average molecular weight is 439 g/mol. The van der Waals surface area contributed by atoms with Crippen LogP contribution in [0, 0.1) is 5.92 Å². The second-order valence-electron chi connectivity index (χ2n) is 8.49. The van der Waals surface area contributed by atoms with E-state index in [1.54, 1.807) is 0 Å². The third-order valence-electron chi connectivity index (χ3n) is 5.79. The minimum atomic E-state index is -0.900. The van der Waals surface area contributed by atoms with Gasteiger partial charge in [-0.25, -0.2) is 0 Å². The molecule has 0 fully saturated rings. The minimum absolute atomic E-state index is 0.0602. The van der Waals surface area contributed by atoms with Gasteiger partial charge in [-0.2, -0.15) is 0 Å². The van der Waals surface area contributed by atoms with Gasteiger partial charge in [0.05, 0.1) is 19.1 Å². The molecule has 2 aromatic carbocycles. The maximum atomic E-state index is 13.0. The van der Waals surface area contributed by atoms with E-state index in [2.05, 4.69) is 12.7 Å². The van der Waals surface area contributed by atoms with Crippen molar-refractivity contribution < 1.29 is 29.6 Å². The fourth-order valence-corrected chi connectivity index (χ4v) is 4.01. The number of ketones is 1. The standard InChI is InChI=1S/C26H30O6/c1-14(2)9-10-16(15(3)4)11-17-22(31-5)12-20(29)25-21(30)13-23(32-26(17)25)24-18(27)7-6-8-19(24)28/h6-9,12,16,23,27-29H,3,10-11,13H2,1-2,4-5H3/t16-,23+/m1/s1. The van der Waals surface area contributed by atoms with Crippen LogP contribution in [0.2, 0.25) is 0 Å². The van der Waals surface area contributed by atoms with Crippen molar-refractivity contribution >= 4 is 5.78 Å². The number of aromatic hydroxyl groups is 3. The van der Waals surface area contributed by atoms with Crippen LogP contribution >= 0.6 is 0 Å². The topological polar surface area (TPSA) is 96.2 Å². The SMILES string of the molecule is C=C(C)[C@H](CC=C(C)C)Cc1c(OC)cc(O)c2c1O[C@H](c1c(O)cccc1O)CC2=O. The summed E-state index contributed by atoms with van der Waals surface area (Å²) in [5, 5.41) is 31.1. The molecule has 0 bridgehead atoms. The van der Waals surface area contributed by atoms with Crippen LogP contribution in [0.3, 0.4) is 0 Å². The van der Waals surface area contributed by atoms with Gasteiger partial charge in [-0.1, -0.05) is 29.9 Å². The van der Waals surface area contributed by atoms with Gasteiger partial charge < -0.3 is 24.8 Å². The largest absolute Gasteiger partial charge is 0.507 e. The monoisotopic (exact) mass is 438 g/mol. The van der Waals surface area contributed by atoms with E-state index < -0.39 is 6.10 Å². The first-order chi connectivity index (χ1) is 15.1. The molecule has 2 aromatic rings. The molecule has 32 heavy (non-hydrogen) atoms. The fraction of sp³-hybridized carbons (Fsp3) is 0.346. The number of hydrogen-bond acceptors (Lipinski definition) is 6. The van der Waals surface area contributed by atoms with Crippen LogP contribution in [0.25, 0.3) is 0 Å². The highest BCUT2D eigenvalue weighted by atomic mass is 16.5. The zero-order valence-electron chi connectivity index (χ0n) is 18.9. The molecule has 170 valence electrons. The molecule has 1 aliphatic rings. The molecule has 2 atom stereocenters. The number of benzene rings is 2. The van der Waals surface area contributed by atoms with E-state index in [4.69, 9.17) is 9.47 Å². The molecule has 0 aliphatic carbocycles. The Morgan fingerprint density at radius 2 is 1.88 bits per heavy atom. The average Bonchev–Trinajstić information content (AvgIpc) is 2.71. The lowest BCUT2D eigenvalue weighted by Gasteiger charge is -2.30. The lowest BCUT2D eigenvalue weighted by Crippen LogP contribution is -2.23. The fourth-order valence-electron chi connectivity index (χ4n) is 4.01. The summed E-state index contributed by atoms with van der Waals surface area (Å²) in [5.41, 5.74) is 3.04. The van der Waals surface area contributed by atoms with Gasteiger partial charge in [0.2, 0.25) is 0 Å². The molecule has 0 saturated heterocycles. The van der Waals surface area contributed by atoms with Crippen LogP contribution in [0.1, 0.15) is 61.2 Å². The summed E-state index contributed by atoms with van der Waals surface area (Å²) in [5.74, 6) is -0.205. The number of phenolic OH excluding ortho intramolecular Hbond substituents is 3. The van der Waals surface area contributed by atoms with Gasteiger partial charge in [-0.15, -0.1) is 0 Å². The summed E-state index contributed by atoms with van der Waals surface area (Å²) in [6, 6.07) is 5.80. The molecule has 1 heterocycles. The Morgan fingerprint density at radius 3 is 2.44 bits per heavy atom. The van der Waals surface area contributed by atoms with Crippen LogP contribution in [0.5, 0.6) is 28.7 Å². The first-order valence-corrected chi connectivity index (χ1v) is 10.6. The second kappa shape index (κ2) is 9.39. The first kappa shape index (κ1) is 23.3. The van der Waals surface area contributed by atoms with E-state index in [-0.39, 0.29) is 52.2 Å². The van der Waals surface area contributed by atoms with Crippen molar-refractivity contribution in [3.63, 3.8) is 0 Å². The summed E-state index contributed by atoms with van der Waals surface area (Å²) in [7, 11) is 1.49. The maximum Gasteiger partial charge on any atom is 0.174 e. The van der Waals surface area contributed by atoms with Crippen molar-refractivity contribution in [1.82, 2.24) is 0 Å². The van der Waals surface area contributed by atoms with Crippen LogP contribution in [0.15, 0.2) is 48.1 Å². The molecule has 0 amide bonds. The molecular weight excluding hydrogens is 408 g/mol. The highest BCUT2D eigenvalue weighted by molar-refractivity contribution is 6.03. The second-order valence-corrected chi connectivity index (χ2v) is 8.49. The van der Waals surface area contributed by atoms with Crippen molar-refractivity contribution in [3.8, 4) is 28.7 Å². The molecule has 3 rings (SSSR count). The number of rotatable bonds is 7. The quantitative estimate of drug-likeness (QED) is 0.486. The summed E-state index contributed by atoms with van der Waals surface area (Å²) in [4.78, 5) is 13.0. The van der Waals surface area contributed by atoms with Crippen LogP contribution in [-0.2, 0) is 6.42 Å². The van der Waals surface area contributed by atoms with Gasteiger partial charge in [0, 0.05) is 11.6 Å². The van der Waals surface area contributed by atoms with Crippen molar-refractivity contribution in [2.75, 3.05) is 7.11 Å². The maximum absolute atomic E-state index is 13.0.